The summed E-state index contributed by atoms with van der Waals surface area (Å²) in [7, 11) is 0. The summed E-state index contributed by atoms with van der Waals surface area (Å²) >= 11 is 0. The Bertz CT molecular complexity index is 963. The van der Waals surface area contributed by atoms with Crippen molar-refractivity contribution in [2.45, 2.75) is 26.2 Å². The van der Waals surface area contributed by atoms with Crippen LogP contribution >= 0.6 is 0 Å². The van der Waals surface area contributed by atoms with E-state index in [1.807, 2.05) is 13.8 Å². The van der Waals surface area contributed by atoms with Crippen molar-refractivity contribution in [3.8, 4) is 0 Å². The molecule has 0 atom stereocenters. The molecule has 1 nitrogen and oxygen atoms in total. The first-order valence-corrected chi connectivity index (χ1v) is 8.69. The second-order valence-corrected chi connectivity index (χ2v) is 6.70. The van der Waals surface area contributed by atoms with Crippen molar-refractivity contribution in [1.82, 2.24) is 0 Å². The van der Waals surface area contributed by atoms with Crippen LogP contribution < -0.4 is 4.90 Å². The summed E-state index contributed by atoms with van der Waals surface area (Å²) in [6, 6.07) is 14.2. The standard InChI is InChI=1S/C22H17F6N/c1-14-9-10-20(11-15(14)2)29(18-7-3-5-16(12-18)21(23,24)25)19-8-4-6-17(13-19)22(26,27)28/h3-13H,1-2H3. The molecule has 3 aromatic rings. The van der Waals surface area contributed by atoms with Crippen LogP contribution in [0.4, 0.5) is 43.4 Å². The highest BCUT2D eigenvalue weighted by molar-refractivity contribution is 5.77. The van der Waals surface area contributed by atoms with Crippen molar-refractivity contribution in [2.75, 3.05) is 4.90 Å². The number of hydrogen-bond acceptors (Lipinski definition) is 1. The minimum absolute atomic E-state index is 0.113. The van der Waals surface area contributed by atoms with Gasteiger partial charge in [0.1, 0.15) is 0 Å². The summed E-state index contributed by atoms with van der Waals surface area (Å²) in [5.41, 5.74) is 0.761. The summed E-state index contributed by atoms with van der Waals surface area (Å²) < 4.78 is 79.2. The molecule has 29 heavy (non-hydrogen) atoms. The van der Waals surface area contributed by atoms with Gasteiger partial charge in [-0.2, -0.15) is 26.3 Å². The lowest BCUT2D eigenvalue weighted by Gasteiger charge is -2.27. The molecule has 0 aliphatic heterocycles. The van der Waals surface area contributed by atoms with Crippen LogP contribution in [-0.4, -0.2) is 0 Å². The molecule has 0 saturated heterocycles. The molecule has 0 radical (unpaired) electrons. The van der Waals surface area contributed by atoms with Gasteiger partial charge < -0.3 is 4.90 Å². The molecule has 0 aliphatic rings. The van der Waals surface area contributed by atoms with Crippen molar-refractivity contribution >= 4 is 17.1 Å². The lowest BCUT2D eigenvalue weighted by molar-refractivity contribution is -0.138. The molecule has 3 aromatic carbocycles. The Morgan fingerprint density at radius 1 is 0.552 bits per heavy atom. The third kappa shape index (κ3) is 4.55. The molecule has 0 fully saturated rings. The summed E-state index contributed by atoms with van der Waals surface area (Å²) in [6.07, 6.45) is -9.14. The molecule has 0 heterocycles. The van der Waals surface area contributed by atoms with E-state index in [0.717, 1.165) is 35.4 Å². The Labute approximate surface area is 164 Å². The molecule has 7 heteroatoms. The fourth-order valence-corrected chi connectivity index (χ4v) is 2.95. The van der Waals surface area contributed by atoms with Gasteiger partial charge in [-0.15, -0.1) is 0 Å². The molecule has 0 N–H and O–H groups in total. The van der Waals surface area contributed by atoms with Crippen molar-refractivity contribution < 1.29 is 26.3 Å². The zero-order valence-corrected chi connectivity index (χ0v) is 15.6. The first-order valence-electron chi connectivity index (χ1n) is 8.69. The van der Waals surface area contributed by atoms with Crippen molar-refractivity contribution in [3.63, 3.8) is 0 Å². The maximum absolute atomic E-state index is 13.2. The third-order valence-corrected chi connectivity index (χ3v) is 4.61. The fourth-order valence-electron chi connectivity index (χ4n) is 2.95. The highest BCUT2D eigenvalue weighted by Gasteiger charge is 2.32. The summed E-state index contributed by atoms with van der Waals surface area (Å²) in [5, 5.41) is 0. The number of halogens is 6. The van der Waals surface area contributed by atoms with Crippen LogP contribution in [0.2, 0.25) is 0 Å². The van der Waals surface area contributed by atoms with Gasteiger partial charge in [-0.05, 0) is 73.5 Å². The highest BCUT2D eigenvalue weighted by atomic mass is 19.4. The molecule has 0 aromatic heterocycles. The predicted octanol–water partition coefficient (Wildman–Crippen LogP) is 7.81. The number of rotatable bonds is 3. The number of benzene rings is 3. The monoisotopic (exact) mass is 409 g/mol. The van der Waals surface area contributed by atoms with E-state index < -0.39 is 23.5 Å². The summed E-state index contributed by atoms with van der Waals surface area (Å²) in [4.78, 5) is 1.39. The number of anilines is 3. The van der Waals surface area contributed by atoms with Crippen LogP contribution in [0.3, 0.4) is 0 Å². The zero-order chi connectivity index (χ0) is 21.4. The van der Waals surface area contributed by atoms with Crippen LogP contribution in [0.1, 0.15) is 22.3 Å². The van der Waals surface area contributed by atoms with Gasteiger partial charge in [0.05, 0.1) is 11.1 Å². The Balaban J connectivity index is 2.22. The largest absolute Gasteiger partial charge is 0.416 e. The van der Waals surface area contributed by atoms with Gasteiger partial charge in [0, 0.05) is 17.1 Å². The number of alkyl halides is 6. The first kappa shape index (κ1) is 20.8. The quantitative estimate of drug-likeness (QED) is 0.399. The summed E-state index contributed by atoms with van der Waals surface area (Å²) in [5.74, 6) is 0. The maximum atomic E-state index is 13.2. The van der Waals surface area contributed by atoms with Crippen molar-refractivity contribution in [1.29, 1.82) is 0 Å². The van der Waals surface area contributed by atoms with E-state index in [-0.39, 0.29) is 11.4 Å². The van der Waals surface area contributed by atoms with Gasteiger partial charge in [-0.25, -0.2) is 0 Å². The summed E-state index contributed by atoms with van der Waals surface area (Å²) in [6.45, 7) is 3.70. The van der Waals surface area contributed by atoms with E-state index in [2.05, 4.69) is 0 Å². The van der Waals surface area contributed by atoms with E-state index in [0.29, 0.717) is 5.69 Å². The van der Waals surface area contributed by atoms with Gasteiger partial charge in [0.15, 0.2) is 0 Å². The number of hydrogen-bond donors (Lipinski definition) is 0. The minimum Gasteiger partial charge on any atom is -0.310 e. The van der Waals surface area contributed by atoms with Gasteiger partial charge in [0.25, 0.3) is 0 Å². The second kappa shape index (κ2) is 7.46. The van der Waals surface area contributed by atoms with Crippen LogP contribution in [-0.2, 0) is 12.4 Å². The highest BCUT2D eigenvalue weighted by Crippen LogP contribution is 2.40. The van der Waals surface area contributed by atoms with Crippen LogP contribution in [0.25, 0.3) is 0 Å². The SMILES string of the molecule is Cc1ccc(N(c2cccc(C(F)(F)F)c2)c2cccc(C(F)(F)F)c2)cc1C. The number of aryl methyl sites for hydroxylation is 2. The molecule has 0 amide bonds. The van der Waals surface area contributed by atoms with E-state index in [1.165, 1.54) is 29.2 Å². The zero-order valence-electron chi connectivity index (χ0n) is 15.6. The Morgan fingerprint density at radius 3 is 1.41 bits per heavy atom. The lowest BCUT2D eigenvalue weighted by atomic mass is 10.1. The maximum Gasteiger partial charge on any atom is 0.416 e. The lowest BCUT2D eigenvalue weighted by Crippen LogP contribution is -2.14. The van der Waals surface area contributed by atoms with Crippen LogP contribution in [0.5, 0.6) is 0 Å². The number of nitrogens with zero attached hydrogens (tertiary/aromatic N) is 1. The van der Waals surface area contributed by atoms with Crippen LogP contribution in [0, 0.1) is 13.8 Å². The smallest absolute Gasteiger partial charge is 0.310 e. The second-order valence-electron chi connectivity index (χ2n) is 6.70. The van der Waals surface area contributed by atoms with Gasteiger partial charge in [-0.1, -0.05) is 18.2 Å². The van der Waals surface area contributed by atoms with E-state index in [1.54, 1.807) is 18.2 Å². The average molecular weight is 409 g/mol. The molecule has 0 unspecified atom stereocenters. The molecule has 0 aliphatic carbocycles. The molecular weight excluding hydrogens is 392 g/mol. The van der Waals surface area contributed by atoms with Gasteiger partial charge in [0.2, 0.25) is 0 Å². The van der Waals surface area contributed by atoms with E-state index >= 15 is 0 Å². The minimum atomic E-state index is -4.57. The first-order chi connectivity index (χ1) is 13.5. The molecule has 152 valence electrons. The molecule has 0 saturated carbocycles. The Kier molecular flexibility index (Phi) is 5.34. The normalized spacial score (nSPS) is 12.1. The van der Waals surface area contributed by atoms with Gasteiger partial charge in [-0.3, -0.25) is 0 Å². The Hall–Kier alpha value is -2.96. The average Bonchev–Trinajstić information content (AvgIpc) is 2.64. The topological polar surface area (TPSA) is 3.24 Å². The van der Waals surface area contributed by atoms with E-state index in [4.69, 9.17) is 0 Å². The third-order valence-electron chi connectivity index (χ3n) is 4.61. The van der Waals surface area contributed by atoms with E-state index in [9.17, 15) is 26.3 Å². The molecule has 3 rings (SSSR count). The van der Waals surface area contributed by atoms with Crippen molar-refractivity contribution in [2.24, 2.45) is 0 Å². The molecule has 0 bridgehead atoms. The predicted molar refractivity (Wildman–Crippen MR) is 101 cm³/mol. The molecular formula is C22H17F6N. The van der Waals surface area contributed by atoms with Crippen LogP contribution in [0.15, 0.2) is 66.7 Å². The fraction of sp³-hybridized carbons (Fsp3) is 0.182. The Morgan fingerprint density at radius 2 is 1.00 bits per heavy atom. The van der Waals surface area contributed by atoms with Gasteiger partial charge >= 0.3 is 12.4 Å². The molecule has 0 spiro atoms. The van der Waals surface area contributed by atoms with Crippen molar-refractivity contribution in [3.05, 3.63) is 89.0 Å².